The Bertz CT molecular complexity index is 1490. The highest BCUT2D eigenvalue weighted by atomic mass is 35.5. The van der Waals surface area contributed by atoms with Crippen LogP contribution in [0.15, 0.2) is 54.7 Å². The molecule has 1 fully saturated rings. The Labute approximate surface area is 219 Å². The van der Waals surface area contributed by atoms with Gasteiger partial charge >= 0.3 is 5.97 Å². The molecule has 1 aliphatic rings. The molecule has 0 radical (unpaired) electrons. The highest BCUT2D eigenvalue weighted by molar-refractivity contribution is 6.30. The summed E-state index contributed by atoms with van der Waals surface area (Å²) >= 11 is 11.8. The molecule has 2 aromatic heterocycles. The number of ether oxygens (including phenoxy) is 2. The van der Waals surface area contributed by atoms with Crippen molar-refractivity contribution in [3.63, 3.8) is 0 Å². The van der Waals surface area contributed by atoms with E-state index in [0.29, 0.717) is 0 Å². The first-order valence-electron chi connectivity index (χ1n) is 11.1. The molecule has 37 heavy (non-hydrogen) atoms. The zero-order valence-electron chi connectivity index (χ0n) is 19.1. The van der Waals surface area contributed by atoms with Gasteiger partial charge in [-0.15, -0.1) is 0 Å². The lowest BCUT2D eigenvalue weighted by Crippen LogP contribution is -2.36. The number of nitrogens with zero attached hydrogens (tertiary/aromatic N) is 3. The van der Waals surface area contributed by atoms with Crippen molar-refractivity contribution in [2.75, 3.05) is 0 Å². The van der Waals surface area contributed by atoms with Gasteiger partial charge in [0.15, 0.2) is 18.1 Å². The molecule has 3 heterocycles. The number of rotatable bonds is 5. The molecule has 2 aromatic carbocycles. The standard InChI is InChI=1S/C25H19Cl2F2N3O5/c1-11-17-16(29)10-32(22(17)31-25(27)30-11)23-19(34)18(33)21(36-23)20(13-7-8-14(26)15(28)9-13)37-24(35)12-5-3-2-4-6-12/h2-10,18-21,23,33-34H,1H3/t18-,19+,20?,21-,23+/m0/s1. The Morgan fingerprint density at radius 1 is 1.08 bits per heavy atom. The van der Waals surface area contributed by atoms with Crippen LogP contribution >= 0.6 is 23.2 Å². The van der Waals surface area contributed by atoms with Gasteiger partial charge in [0.1, 0.15) is 29.8 Å². The molecule has 0 saturated carbocycles. The van der Waals surface area contributed by atoms with E-state index < -0.39 is 48.2 Å². The number of aryl methyl sites for hydroxylation is 1. The lowest BCUT2D eigenvalue weighted by Gasteiger charge is -2.26. The largest absolute Gasteiger partial charge is 0.451 e. The fourth-order valence-corrected chi connectivity index (χ4v) is 4.69. The molecule has 4 aromatic rings. The molecule has 8 nitrogen and oxygen atoms in total. The molecule has 1 aliphatic heterocycles. The summed E-state index contributed by atoms with van der Waals surface area (Å²) in [6, 6.07) is 11.7. The van der Waals surface area contributed by atoms with Crippen molar-refractivity contribution in [1.29, 1.82) is 0 Å². The molecule has 0 bridgehead atoms. The van der Waals surface area contributed by atoms with Gasteiger partial charge < -0.3 is 24.3 Å². The predicted molar refractivity (Wildman–Crippen MR) is 129 cm³/mol. The molecule has 0 spiro atoms. The summed E-state index contributed by atoms with van der Waals surface area (Å²) in [6.45, 7) is 1.54. The Hall–Kier alpha value is -3.15. The lowest BCUT2D eigenvalue weighted by molar-refractivity contribution is -0.0917. The van der Waals surface area contributed by atoms with E-state index in [1.165, 1.54) is 28.8 Å². The van der Waals surface area contributed by atoms with Crippen molar-refractivity contribution in [1.82, 2.24) is 14.5 Å². The molecule has 192 valence electrons. The minimum Gasteiger partial charge on any atom is -0.451 e. The van der Waals surface area contributed by atoms with E-state index in [0.717, 1.165) is 12.3 Å². The first-order chi connectivity index (χ1) is 17.7. The fraction of sp³-hybridized carbons (Fsp3) is 0.240. The first-order valence-corrected chi connectivity index (χ1v) is 11.8. The smallest absolute Gasteiger partial charge is 0.338 e. The zero-order chi connectivity index (χ0) is 26.4. The zero-order valence-corrected chi connectivity index (χ0v) is 20.6. The normalized spacial score (nSPS) is 22.4. The number of aliphatic hydroxyl groups excluding tert-OH is 2. The number of carbonyl (C=O) groups is 1. The number of hydrogen-bond acceptors (Lipinski definition) is 7. The van der Waals surface area contributed by atoms with Gasteiger partial charge in [0.05, 0.1) is 21.7 Å². The molecule has 2 N–H and O–H groups in total. The van der Waals surface area contributed by atoms with Crippen LogP contribution in [0.4, 0.5) is 8.78 Å². The van der Waals surface area contributed by atoms with Crippen LogP contribution in [-0.2, 0) is 9.47 Å². The second-order valence-electron chi connectivity index (χ2n) is 8.50. The minimum absolute atomic E-state index is 0.0299. The van der Waals surface area contributed by atoms with Gasteiger partial charge in [0, 0.05) is 6.20 Å². The molecule has 0 aliphatic carbocycles. The van der Waals surface area contributed by atoms with Crippen LogP contribution in [0.3, 0.4) is 0 Å². The van der Waals surface area contributed by atoms with Crippen LogP contribution in [0.2, 0.25) is 10.3 Å². The average Bonchev–Trinajstić information content (AvgIpc) is 3.35. The van der Waals surface area contributed by atoms with Crippen molar-refractivity contribution in [3.8, 4) is 0 Å². The summed E-state index contributed by atoms with van der Waals surface area (Å²) in [5, 5.41) is 21.6. The maximum Gasteiger partial charge on any atom is 0.338 e. The van der Waals surface area contributed by atoms with E-state index in [4.69, 9.17) is 32.7 Å². The molecule has 12 heteroatoms. The van der Waals surface area contributed by atoms with Gasteiger partial charge in [-0.25, -0.2) is 18.6 Å². The van der Waals surface area contributed by atoms with Gasteiger partial charge in [-0.1, -0.05) is 35.9 Å². The molecule has 5 atom stereocenters. The van der Waals surface area contributed by atoms with Crippen molar-refractivity contribution < 1.29 is 33.3 Å². The summed E-state index contributed by atoms with van der Waals surface area (Å²) in [4.78, 5) is 20.9. The van der Waals surface area contributed by atoms with Crippen molar-refractivity contribution >= 4 is 40.2 Å². The van der Waals surface area contributed by atoms with Crippen molar-refractivity contribution in [2.24, 2.45) is 0 Å². The number of aliphatic hydroxyl groups is 2. The lowest BCUT2D eigenvalue weighted by atomic mass is 9.98. The number of carbonyl (C=O) groups excluding carboxylic acids is 1. The topological polar surface area (TPSA) is 107 Å². The number of esters is 1. The Morgan fingerprint density at radius 2 is 1.81 bits per heavy atom. The Kier molecular flexibility index (Phi) is 6.86. The monoisotopic (exact) mass is 549 g/mol. The van der Waals surface area contributed by atoms with E-state index in [9.17, 15) is 23.8 Å². The second-order valence-corrected chi connectivity index (χ2v) is 9.24. The minimum atomic E-state index is -1.63. The molecule has 1 saturated heterocycles. The van der Waals surface area contributed by atoms with E-state index in [1.54, 1.807) is 25.1 Å². The third-order valence-electron chi connectivity index (χ3n) is 6.14. The summed E-state index contributed by atoms with van der Waals surface area (Å²) in [6.07, 6.45) is -6.31. The number of fused-ring (bicyclic) bond motifs is 1. The summed E-state index contributed by atoms with van der Waals surface area (Å²) < 4.78 is 41.9. The van der Waals surface area contributed by atoms with E-state index in [1.807, 2.05) is 0 Å². The predicted octanol–water partition coefficient (Wildman–Crippen LogP) is 4.54. The Balaban J connectivity index is 1.54. The third-order valence-corrected chi connectivity index (χ3v) is 6.62. The van der Waals surface area contributed by atoms with Crippen LogP contribution < -0.4 is 0 Å². The SMILES string of the molecule is Cc1nc(Cl)nc2c1c(F)cn2[C@@H]1O[C@H](C(OC(=O)c2ccccc2)c2ccc(Cl)c(F)c2)[C@@H](O)[C@H]1O. The summed E-state index contributed by atoms with van der Waals surface area (Å²) in [7, 11) is 0. The number of aromatic nitrogens is 3. The van der Waals surface area contributed by atoms with Crippen LogP contribution in [-0.4, -0.2) is 49.0 Å². The quantitative estimate of drug-likeness (QED) is 0.278. The molecule has 0 amide bonds. The van der Waals surface area contributed by atoms with Gasteiger partial charge in [-0.2, -0.15) is 4.98 Å². The maximum atomic E-state index is 14.8. The maximum absolute atomic E-state index is 14.8. The van der Waals surface area contributed by atoms with E-state index >= 15 is 0 Å². The molecular formula is C25H19Cl2F2N3O5. The van der Waals surface area contributed by atoms with Crippen molar-refractivity contribution in [2.45, 2.75) is 37.6 Å². The Morgan fingerprint density at radius 3 is 2.51 bits per heavy atom. The van der Waals surface area contributed by atoms with Gasteiger partial charge in [0.25, 0.3) is 0 Å². The molecule has 5 rings (SSSR count). The molecular weight excluding hydrogens is 531 g/mol. The van der Waals surface area contributed by atoms with Crippen LogP contribution in [0.25, 0.3) is 11.0 Å². The van der Waals surface area contributed by atoms with Gasteiger partial charge in [-0.05, 0) is 48.4 Å². The fourth-order valence-electron chi connectivity index (χ4n) is 4.37. The molecule has 1 unspecified atom stereocenters. The number of halogens is 4. The van der Waals surface area contributed by atoms with E-state index in [-0.39, 0.29) is 38.2 Å². The van der Waals surface area contributed by atoms with Gasteiger partial charge in [-0.3, -0.25) is 0 Å². The summed E-state index contributed by atoms with van der Waals surface area (Å²) in [5.74, 6) is -2.25. The first kappa shape index (κ1) is 25.5. The van der Waals surface area contributed by atoms with Crippen LogP contribution in [0.5, 0.6) is 0 Å². The average molecular weight is 550 g/mol. The van der Waals surface area contributed by atoms with E-state index in [2.05, 4.69) is 9.97 Å². The van der Waals surface area contributed by atoms with Gasteiger partial charge in [0.2, 0.25) is 5.28 Å². The summed E-state index contributed by atoms with van der Waals surface area (Å²) in [5.41, 5.74) is 0.615. The highest BCUT2D eigenvalue weighted by Gasteiger charge is 2.49. The van der Waals surface area contributed by atoms with Crippen molar-refractivity contribution in [3.05, 3.63) is 93.5 Å². The number of hydrogen-bond donors (Lipinski definition) is 2. The number of benzene rings is 2. The third kappa shape index (κ3) is 4.67. The van der Waals surface area contributed by atoms with Crippen LogP contribution in [0, 0.1) is 18.6 Å². The second kappa shape index (κ2) is 9.96. The van der Waals surface area contributed by atoms with Crippen LogP contribution in [0.1, 0.15) is 33.9 Å². The highest BCUT2D eigenvalue weighted by Crippen LogP contribution is 2.40.